The number of hydrogen-bond donors (Lipinski definition) is 0. The van der Waals surface area contributed by atoms with Crippen molar-refractivity contribution in [2.75, 3.05) is 0 Å². The van der Waals surface area contributed by atoms with Gasteiger partial charge in [0.15, 0.2) is 0 Å². The first-order chi connectivity index (χ1) is 7.61. The van der Waals surface area contributed by atoms with Gasteiger partial charge in [-0.05, 0) is 23.1 Å². The number of rotatable bonds is 2. The molecule has 4 nitrogen and oxygen atoms in total. The number of halogens is 1. The van der Waals surface area contributed by atoms with Crippen molar-refractivity contribution < 1.29 is 9.72 Å². The summed E-state index contributed by atoms with van der Waals surface area (Å²) in [5.74, 6) is 0. The lowest BCUT2D eigenvalue weighted by Gasteiger charge is -2.02. The van der Waals surface area contributed by atoms with Gasteiger partial charge in [-0.3, -0.25) is 14.9 Å². The van der Waals surface area contributed by atoms with Gasteiger partial charge in [-0.15, -0.1) is 0 Å². The number of carbonyl (C=O) groups excluding carboxylic acids is 1. The van der Waals surface area contributed by atoms with Crippen LogP contribution < -0.4 is 0 Å². The van der Waals surface area contributed by atoms with Gasteiger partial charge < -0.3 is 0 Å². The van der Waals surface area contributed by atoms with E-state index in [0.29, 0.717) is 5.39 Å². The van der Waals surface area contributed by atoms with Crippen molar-refractivity contribution in [3.05, 3.63) is 52.1 Å². The predicted octanol–water partition coefficient (Wildman–Crippen LogP) is 3.13. The van der Waals surface area contributed by atoms with E-state index in [2.05, 4.69) is 0 Å². The fourth-order valence-electron chi connectivity index (χ4n) is 1.62. The molecule has 5 heteroatoms. The van der Waals surface area contributed by atoms with Crippen molar-refractivity contribution >= 4 is 33.3 Å². The average Bonchev–Trinajstić information content (AvgIpc) is 2.27. The summed E-state index contributed by atoms with van der Waals surface area (Å²) < 4.78 is 0. The Hall–Kier alpha value is -1.94. The highest BCUT2D eigenvalue weighted by Crippen LogP contribution is 2.28. The van der Waals surface area contributed by atoms with E-state index in [1.807, 2.05) is 0 Å². The molecule has 80 valence electrons. The van der Waals surface area contributed by atoms with Crippen LogP contribution in [0.3, 0.4) is 0 Å². The third-order valence-corrected chi connectivity index (χ3v) is 2.49. The van der Waals surface area contributed by atoms with Crippen LogP contribution in [0.5, 0.6) is 0 Å². The Balaban J connectivity index is 2.90. The SMILES string of the molecule is O=C(Cl)c1c([N+](=O)[O-])ccc2ccccc12. The molecule has 0 saturated carbocycles. The minimum atomic E-state index is -0.816. The van der Waals surface area contributed by atoms with Crippen molar-refractivity contribution in [3.63, 3.8) is 0 Å². The maximum absolute atomic E-state index is 11.2. The third kappa shape index (κ3) is 1.63. The lowest BCUT2D eigenvalue weighted by atomic mass is 10.0. The van der Waals surface area contributed by atoms with Crippen molar-refractivity contribution in [1.82, 2.24) is 0 Å². The van der Waals surface area contributed by atoms with Crippen molar-refractivity contribution in [3.8, 4) is 0 Å². The molecule has 16 heavy (non-hydrogen) atoms. The molecule has 0 spiro atoms. The van der Waals surface area contributed by atoms with Crippen molar-refractivity contribution in [2.45, 2.75) is 0 Å². The van der Waals surface area contributed by atoms with Gasteiger partial charge in [0.25, 0.3) is 10.9 Å². The Morgan fingerprint density at radius 3 is 2.50 bits per heavy atom. The third-order valence-electron chi connectivity index (χ3n) is 2.30. The summed E-state index contributed by atoms with van der Waals surface area (Å²) in [5, 5.41) is 11.2. The van der Waals surface area contributed by atoms with Crippen LogP contribution in [0.15, 0.2) is 36.4 Å². The summed E-state index contributed by atoms with van der Waals surface area (Å²) >= 11 is 5.39. The fourth-order valence-corrected chi connectivity index (χ4v) is 1.82. The molecule has 0 aliphatic carbocycles. The molecule has 0 atom stereocenters. The molecule has 0 N–H and O–H groups in total. The molecule has 2 rings (SSSR count). The van der Waals surface area contributed by atoms with Crippen LogP contribution >= 0.6 is 11.6 Å². The molecule has 0 amide bonds. The summed E-state index contributed by atoms with van der Waals surface area (Å²) in [7, 11) is 0. The Kier molecular flexibility index (Phi) is 2.58. The molecule has 0 aliphatic rings. The number of benzene rings is 2. The molecule has 0 bridgehead atoms. The lowest BCUT2D eigenvalue weighted by Crippen LogP contribution is -1.99. The highest BCUT2D eigenvalue weighted by atomic mass is 35.5. The molecule has 0 aromatic heterocycles. The van der Waals surface area contributed by atoms with Crippen LogP contribution in [-0.4, -0.2) is 10.2 Å². The highest BCUT2D eigenvalue weighted by molar-refractivity contribution is 6.69. The number of nitrogens with zero attached hydrogens (tertiary/aromatic N) is 1. The molecular weight excluding hydrogens is 230 g/mol. The minimum Gasteiger partial charge on any atom is -0.275 e. The quantitative estimate of drug-likeness (QED) is 0.456. The van der Waals surface area contributed by atoms with Gasteiger partial charge in [0.05, 0.1) is 4.92 Å². The summed E-state index contributed by atoms with van der Waals surface area (Å²) in [4.78, 5) is 21.4. The molecule has 0 saturated heterocycles. The summed E-state index contributed by atoms with van der Waals surface area (Å²) in [6.07, 6.45) is 0. The van der Waals surface area contributed by atoms with Crippen LogP contribution in [-0.2, 0) is 0 Å². The first-order valence-electron chi connectivity index (χ1n) is 4.47. The largest absolute Gasteiger partial charge is 0.282 e. The topological polar surface area (TPSA) is 60.2 Å². The molecule has 0 radical (unpaired) electrons. The second kappa shape index (κ2) is 3.90. The molecule has 0 heterocycles. The minimum absolute atomic E-state index is 0.0511. The van der Waals surface area contributed by atoms with E-state index in [9.17, 15) is 14.9 Å². The van der Waals surface area contributed by atoms with Gasteiger partial charge in [0.2, 0.25) is 0 Å². The van der Waals surface area contributed by atoms with E-state index in [4.69, 9.17) is 11.6 Å². The lowest BCUT2D eigenvalue weighted by molar-refractivity contribution is -0.384. The molecule has 0 unspecified atom stereocenters. The van der Waals surface area contributed by atoms with Crippen LogP contribution in [0.1, 0.15) is 10.4 Å². The van der Waals surface area contributed by atoms with Crippen molar-refractivity contribution in [1.29, 1.82) is 0 Å². The summed E-state index contributed by atoms with van der Waals surface area (Å²) in [6.45, 7) is 0. The molecule has 0 fully saturated rings. The van der Waals surface area contributed by atoms with Crippen LogP contribution in [0.2, 0.25) is 0 Å². The zero-order valence-electron chi connectivity index (χ0n) is 8.01. The molecule has 2 aromatic carbocycles. The van der Waals surface area contributed by atoms with E-state index in [0.717, 1.165) is 5.39 Å². The van der Waals surface area contributed by atoms with Crippen LogP contribution in [0, 0.1) is 10.1 Å². The maximum atomic E-state index is 11.2. The van der Waals surface area contributed by atoms with Gasteiger partial charge >= 0.3 is 0 Å². The maximum Gasteiger partial charge on any atom is 0.282 e. The second-order valence-corrected chi connectivity index (χ2v) is 3.55. The highest BCUT2D eigenvalue weighted by Gasteiger charge is 2.21. The van der Waals surface area contributed by atoms with Gasteiger partial charge in [0.1, 0.15) is 5.56 Å². The monoisotopic (exact) mass is 235 g/mol. The number of nitro groups is 1. The van der Waals surface area contributed by atoms with E-state index in [1.165, 1.54) is 6.07 Å². The Bertz CT molecular complexity index is 595. The molecular formula is C11H6ClNO3. The number of hydrogen-bond acceptors (Lipinski definition) is 3. The van der Waals surface area contributed by atoms with Crippen LogP contribution in [0.25, 0.3) is 10.8 Å². The number of nitro benzene ring substituents is 1. The Morgan fingerprint density at radius 1 is 1.19 bits per heavy atom. The van der Waals surface area contributed by atoms with Gasteiger partial charge in [-0.25, -0.2) is 0 Å². The zero-order chi connectivity index (χ0) is 11.7. The standard InChI is InChI=1S/C11H6ClNO3/c12-11(14)10-8-4-2-1-3-7(8)5-6-9(10)13(15)16/h1-6H. The predicted molar refractivity (Wildman–Crippen MR) is 60.8 cm³/mol. The van der Waals surface area contributed by atoms with E-state index >= 15 is 0 Å². The Morgan fingerprint density at radius 2 is 1.88 bits per heavy atom. The van der Waals surface area contributed by atoms with E-state index in [-0.39, 0.29) is 11.3 Å². The first kappa shape index (κ1) is 10.6. The van der Waals surface area contributed by atoms with E-state index in [1.54, 1.807) is 30.3 Å². The van der Waals surface area contributed by atoms with Gasteiger partial charge in [-0.1, -0.05) is 24.3 Å². The fraction of sp³-hybridized carbons (Fsp3) is 0. The normalized spacial score (nSPS) is 10.3. The zero-order valence-corrected chi connectivity index (χ0v) is 8.77. The smallest absolute Gasteiger partial charge is 0.275 e. The summed E-state index contributed by atoms with van der Waals surface area (Å²) in [6, 6.07) is 9.78. The number of fused-ring (bicyclic) bond motifs is 1. The number of carbonyl (C=O) groups is 1. The van der Waals surface area contributed by atoms with Crippen molar-refractivity contribution in [2.24, 2.45) is 0 Å². The molecule has 2 aromatic rings. The summed E-state index contributed by atoms with van der Waals surface area (Å²) in [5.41, 5.74) is -0.316. The first-order valence-corrected chi connectivity index (χ1v) is 4.85. The second-order valence-electron chi connectivity index (χ2n) is 3.21. The van der Waals surface area contributed by atoms with Gasteiger partial charge in [-0.2, -0.15) is 0 Å². The Labute approximate surface area is 95.6 Å². The molecule has 0 aliphatic heterocycles. The van der Waals surface area contributed by atoms with Gasteiger partial charge in [0, 0.05) is 11.5 Å². The van der Waals surface area contributed by atoms with Crippen LogP contribution in [0.4, 0.5) is 5.69 Å². The average molecular weight is 236 g/mol. The van der Waals surface area contributed by atoms with E-state index < -0.39 is 10.2 Å².